The van der Waals surface area contributed by atoms with Gasteiger partial charge in [0.15, 0.2) is 0 Å². The van der Waals surface area contributed by atoms with Crippen LogP contribution in [0.5, 0.6) is 0 Å². The Morgan fingerprint density at radius 2 is 2.20 bits per heavy atom. The Balaban J connectivity index is 2.49. The maximum absolute atomic E-state index is 11.7. The van der Waals surface area contributed by atoms with E-state index >= 15 is 0 Å². The van der Waals surface area contributed by atoms with Crippen molar-refractivity contribution in [3.05, 3.63) is 11.6 Å². The molecule has 2 bridgehead atoms. The molecule has 0 radical (unpaired) electrons. The van der Waals surface area contributed by atoms with E-state index in [-0.39, 0.29) is 22.9 Å². The summed E-state index contributed by atoms with van der Waals surface area (Å²) in [4.78, 5) is 11.7. The number of allylic oxidation sites excluding steroid dienone is 1. The normalized spacial score (nSPS) is 40.0. The van der Waals surface area contributed by atoms with E-state index in [2.05, 4.69) is 13.8 Å². The number of carbonyl (C=O) groups excluding carboxylic acids is 1. The Kier molecular flexibility index (Phi) is 1.94. The van der Waals surface area contributed by atoms with Gasteiger partial charge in [-0.15, -0.1) is 0 Å². The van der Waals surface area contributed by atoms with Crippen LogP contribution in [0.15, 0.2) is 11.6 Å². The highest BCUT2D eigenvalue weighted by Gasteiger charge is 2.60. The van der Waals surface area contributed by atoms with Crippen molar-refractivity contribution in [3.63, 3.8) is 0 Å². The molecule has 3 nitrogen and oxygen atoms in total. The number of hydrogen-bond donors (Lipinski definition) is 0. The first-order valence-corrected chi connectivity index (χ1v) is 5.25. The zero-order chi connectivity index (χ0) is 11.3. The van der Waals surface area contributed by atoms with Crippen molar-refractivity contribution in [1.29, 1.82) is 5.26 Å². The van der Waals surface area contributed by atoms with Gasteiger partial charge in [0, 0.05) is 17.4 Å². The zero-order valence-electron chi connectivity index (χ0n) is 9.33. The molecule has 0 N–H and O–H groups in total. The van der Waals surface area contributed by atoms with Gasteiger partial charge in [0.05, 0.1) is 11.6 Å². The molecule has 0 spiro atoms. The van der Waals surface area contributed by atoms with Crippen molar-refractivity contribution in [2.75, 3.05) is 0 Å². The van der Waals surface area contributed by atoms with Crippen molar-refractivity contribution in [3.8, 4) is 6.07 Å². The van der Waals surface area contributed by atoms with Crippen molar-refractivity contribution in [1.82, 2.24) is 0 Å². The Morgan fingerprint density at radius 1 is 1.53 bits per heavy atom. The molecule has 1 saturated carbocycles. The summed E-state index contributed by atoms with van der Waals surface area (Å²) in [7, 11) is 0. The molecular weight excluding hydrogens is 190 g/mol. The van der Waals surface area contributed by atoms with Crippen LogP contribution in [-0.2, 0) is 9.53 Å². The summed E-state index contributed by atoms with van der Waals surface area (Å²) >= 11 is 0. The molecular formula is C12H15NO2. The van der Waals surface area contributed by atoms with Crippen LogP contribution < -0.4 is 0 Å². The molecule has 1 saturated heterocycles. The lowest BCUT2D eigenvalue weighted by molar-refractivity contribution is -0.172. The van der Waals surface area contributed by atoms with Gasteiger partial charge in [-0.05, 0) is 19.8 Å². The molecule has 0 aromatic heterocycles. The van der Waals surface area contributed by atoms with E-state index in [9.17, 15) is 4.79 Å². The minimum atomic E-state index is -0.360. The van der Waals surface area contributed by atoms with Crippen molar-refractivity contribution < 1.29 is 9.53 Å². The average molecular weight is 205 g/mol. The first-order valence-electron chi connectivity index (χ1n) is 5.25. The standard InChI is InChI=1S/C12H15NO2/c1-11(2)9-4-6-12(11,3)15-10(14)8(9)5-7-13/h5,9H,4,6H2,1-3H3/b8-5-. The molecule has 2 unspecified atom stereocenters. The van der Waals surface area contributed by atoms with Crippen LogP contribution in [-0.4, -0.2) is 11.6 Å². The van der Waals surface area contributed by atoms with Crippen LogP contribution >= 0.6 is 0 Å². The highest BCUT2D eigenvalue weighted by atomic mass is 16.6. The topological polar surface area (TPSA) is 50.1 Å². The molecule has 0 aromatic rings. The predicted molar refractivity (Wildman–Crippen MR) is 54.7 cm³/mol. The van der Waals surface area contributed by atoms with Crippen LogP contribution in [0.2, 0.25) is 0 Å². The van der Waals surface area contributed by atoms with E-state index < -0.39 is 0 Å². The second-order valence-electron chi connectivity index (χ2n) is 5.16. The fourth-order valence-electron chi connectivity index (χ4n) is 2.83. The van der Waals surface area contributed by atoms with Gasteiger partial charge >= 0.3 is 5.97 Å². The van der Waals surface area contributed by atoms with Gasteiger partial charge in [-0.1, -0.05) is 13.8 Å². The lowest BCUT2D eigenvalue weighted by atomic mass is 9.68. The Labute approximate surface area is 89.7 Å². The quantitative estimate of drug-likeness (QED) is 0.346. The minimum absolute atomic E-state index is 0.0659. The second-order valence-corrected chi connectivity index (χ2v) is 5.16. The van der Waals surface area contributed by atoms with E-state index in [1.165, 1.54) is 6.08 Å². The molecule has 3 heteroatoms. The maximum atomic E-state index is 11.7. The Morgan fingerprint density at radius 3 is 2.80 bits per heavy atom. The number of rotatable bonds is 0. The number of hydrogen-bond acceptors (Lipinski definition) is 3. The predicted octanol–water partition coefficient (Wildman–Crippen LogP) is 2.19. The van der Waals surface area contributed by atoms with Gasteiger partial charge in [-0.2, -0.15) is 5.26 Å². The average Bonchev–Trinajstić information content (AvgIpc) is 2.30. The third kappa shape index (κ3) is 1.14. The van der Waals surface area contributed by atoms with Gasteiger partial charge in [-0.25, -0.2) is 4.79 Å². The molecule has 0 amide bonds. The molecule has 1 aliphatic carbocycles. The van der Waals surface area contributed by atoms with E-state index in [0.29, 0.717) is 5.57 Å². The third-order valence-corrected chi connectivity index (χ3v) is 4.29. The number of esters is 1. The van der Waals surface area contributed by atoms with Gasteiger partial charge in [0.25, 0.3) is 0 Å². The zero-order valence-corrected chi connectivity index (χ0v) is 9.33. The minimum Gasteiger partial charge on any atom is -0.455 e. The summed E-state index contributed by atoms with van der Waals surface area (Å²) in [5.41, 5.74) is 0.128. The fourth-order valence-corrected chi connectivity index (χ4v) is 2.83. The van der Waals surface area contributed by atoms with Crippen LogP contribution in [0.25, 0.3) is 0 Å². The van der Waals surface area contributed by atoms with Gasteiger partial charge in [0.1, 0.15) is 5.60 Å². The SMILES string of the molecule is CC12CCC(/C(=C/C#N)C(=O)O1)C2(C)C. The van der Waals surface area contributed by atoms with Crippen molar-refractivity contribution in [2.45, 2.75) is 39.2 Å². The Hall–Kier alpha value is -1.30. The largest absolute Gasteiger partial charge is 0.455 e. The van der Waals surface area contributed by atoms with E-state index in [1.54, 1.807) is 0 Å². The van der Waals surface area contributed by atoms with Crippen molar-refractivity contribution >= 4 is 5.97 Å². The number of nitrogens with zero attached hydrogens (tertiary/aromatic N) is 1. The molecule has 2 aliphatic rings. The summed E-state index contributed by atoms with van der Waals surface area (Å²) in [5, 5.41) is 8.66. The maximum Gasteiger partial charge on any atom is 0.335 e. The highest BCUT2D eigenvalue weighted by Crippen LogP contribution is 2.58. The summed E-state index contributed by atoms with van der Waals surface area (Å²) in [5.74, 6) is -0.135. The monoisotopic (exact) mass is 205 g/mol. The number of nitriles is 1. The molecule has 2 fully saturated rings. The van der Waals surface area contributed by atoms with E-state index in [0.717, 1.165) is 12.8 Å². The Bertz CT molecular complexity index is 389. The first kappa shape index (κ1) is 10.2. The molecule has 2 atom stereocenters. The van der Waals surface area contributed by atoms with Gasteiger partial charge < -0.3 is 4.74 Å². The number of fused-ring (bicyclic) bond motifs is 2. The van der Waals surface area contributed by atoms with Gasteiger partial charge in [0.2, 0.25) is 0 Å². The summed E-state index contributed by atoms with van der Waals surface area (Å²) < 4.78 is 5.49. The molecule has 1 heterocycles. The first-order chi connectivity index (χ1) is 6.92. The highest BCUT2D eigenvalue weighted by molar-refractivity contribution is 5.91. The van der Waals surface area contributed by atoms with Crippen LogP contribution in [0.1, 0.15) is 33.6 Å². The number of carbonyl (C=O) groups is 1. The molecule has 80 valence electrons. The molecule has 1 aliphatic heterocycles. The van der Waals surface area contributed by atoms with Gasteiger partial charge in [-0.3, -0.25) is 0 Å². The third-order valence-electron chi connectivity index (χ3n) is 4.29. The fraction of sp³-hybridized carbons (Fsp3) is 0.667. The smallest absolute Gasteiger partial charge is 0.335 e. The summed E-state index contributed by atoms with van der Waals surface area (Å²) in [6, 6.07) is 1.94. The molecule has 15 heavy (non-hydrogen) atoms. The van der Waals surface area contributed by atoms with Crippen LogP contribution in [0.3, 0.4) is 0 Å². The lowest BCUT2D eigenvalue weighted by Gasteiger charge is -2.45. The second kappa shape index (κ2) is 2.85. The van der Waals surface area contributed by atoms with Crippen LogP contribution in [0, 0.1) is 22.7 Å². The summed E-state index contributed by atoms with van der Waals surface area (Å²) in [6.45, 7) is 6.22. The summed E-state index contributed by atoms with van der Waals surface area (Å²) in [6.07, 6.45) is 3.17. The lowest BCUT2D eigenvalue weighted by Crippen LogP contribution is -2.49. The molecule has 0 aromatic carbocycles. The van der Waals surface area contributed by atoms with Crippen LogP contribution in [0.4, 0.5) is 0 Å². The van der Waals surface area contributed by atoms with E-state index in [1.807, 2.05) is 13.0 Å². The van der Waals surface area contributed by atoms with E-state index in [4.69, 9.17) is 10.00 Å². The van der Waals surface area contributed by atoms with Crippen molar-refractivity contribution in [2.24, 2.45) is 11.3 Å². The number of ether oxygens (including phenoxy) is 1. The molecule has 2 rings (SSSR count).